The molecular formula is C16H22N2O4. The zero-order chi connectivity index (χ0) is 15.9. The molecule has 0 amide bonds. The lowest BCUT2D eigenvalue weighted by atomic mass is 9.81. The smallest absolute Gasteiger partial charge is 0.303 e. The minimum absolute atomic E-state index is 0.305. The third kappa shape index (κ3) is 2.80. The van der Waals surface area contributed by atoms with Gasteiger partial charge in [0.15, 0.2) is 0 Å². The molecule has 0 spiro atoms. The largest absolute Gasteiger partial charge is 0.459 e. The number of ether oxygens (including phenoxy) is 2. The van der Waals surface area contributed by atoms with Crippen molar-refractivity contribution in [2.45, 2.75) is 57.0 Å². The van der Waals surface area contributed by atoms with E-state index >= 15 is 0 Å². The molecule has 120 valence electrons. The lowest BCUT2D eigenvalue weighted by Crippen LogP contribution is -2.57. The molecule has 3 rings (SSSR count). The van der Waals surface area contributed by atoms with Crippen LogP contribution in [0.1, 0.15) is 44.8 Å². The molecule has 22 heavy (non-hydrogen) atoms. The van der Waals surface area contributed by atoms with Crippen molar-refractivity contribution >= 4 is 11.7 Å². The molecule has 1 aliphatic carbocycles. The predicted octanol–water partition coefficient (Wildman–Crippen LogP) is 1.59. The van der Waals surface area contributed by atoms with Gasteiger partial charge in [-0.15, -0.1) is 0 Å². The van der Waals surface area contributed by atoms with Crippen LogP contribution in [-0.4, -0.2) is 33.9 Å². The molecule has 2 aliphatic rings. The Hall–Kier alpha value is -1.66. The second kappa shape index (κ2) is 5.52. The number of hydrogen-bond donors (Lipinski definition) is 2. The summed E-state index contributed by atoms with van der Waals surface area (Å²) in [6.45, 7) is 3.04. The van der Waals surface area contributed by atoms with Crippen molar-refractivity contribution in [3.05, 3.63) is 24.0 Å². The molecule has 1 saturated carbocycles. The van der Waals surface area contributed by atoms with E-state index in [0.29, 0.717) is 18.0 Å². The topological polar surface area (TPSA) is 94.7 Å². The highest BCUT2D eigenvalue weighted by atomic mass is 16.6. The van der Waals surface area contributed by atoms with E-state index in [1.165, 1.54) is 6.92 Å². The quantitative estimate of drug-likeness (QED) is 0.823. The molecule has 1 aliphatic heterocycles. The number of carbonyl (C=O) groups excluding carboxylic acids is 1. The maximum atomic E-state index is 11.4. The Morgan fingerprint density at radius 3 is 2.86 bits per heavy atom. The number of esters is 1. The van der Waals surface area contributed by atoms with E-state index in [2.05, 4.69) is 4.98 Å². The molecule has 6 nitrogen and oxygen atoms in total. The first-order valence-electron chi connectivity index (χ1n) is 7.64. The van der Waals surface area contributed by atoms with Crippen LogP contribution in [0.3, 0.4) is 0 Å². The van der Waals surface area contributed by atoms with Gasteiger partial charge in [-0.1, -0.05) is 0 Å². The molecule has 4 atom stereocenters. The van der Waals surface area contributed by atoms with Gasteiger partial charge in [0.1, 0.15) is 11.7 Å². The summed E-state index contributed by atoms with van der Waals surface area (Å²) in [4.78, 5) is 15.4. The molecule has 1 aromatic rings. The van der Waals surface area contributed by atoms with Crippen molar-refractivity contribution in [1.29, 1.82) is 0 Å². The Bertz CT molecular complexity index is 571. The standard InChI is InChI=1S/C16H22N2O4/c1-9(19)21-14-7-13(11-5-6-18-8-12(11)17)22-15(10-3-4-10)16(14,2)20/h5-6,8,10,13-15,20H,3-4,7,17H2,1-2H3. The number of nitrogens with zero attached hydrogens (tertiary/aromatic N) is 1. The first kappa shape index (κ1) is 15.2. The number of nitrogen functional groups attached to an aromatic ring is 1. The van der Waals surface area contributed by atoms with Crippen LogP contribution < -0.4 is 5.73 Å². The van der Waals surface area contributed by atoms with E-state index in [9.17, 15) is 9.90 Å². The Morgan fingerprint density at radius 1 is 1.55 bits per heavy atom. The average Bonchev–Trinajstić information content (AvgIpc) is 3.25. The van der Waals surface area contributed by atoms with Gasteiger partial charge in [-0.25, -0.2) is 0 Å². The van der Waals surface area contributed by atoms with Crippen LogP contribution in [0.4, 0.5) is 5.69 Å². The second-order valence-electron chi connectivity index (χ2n) is 6.45. The number of rotatable bonds is 3. The van der Waals surface area contributed by atoms with Gasteiger partial charge in [0.2, 0.25) is 0 Å². The highest BCUT2D eigenvalue weighted by Gasteiger charge is 2.54. The number of nitrogens with two attached hydrogens (primary N) is 1. The van der Waals surface area contributed by atoms with Gasteiger partial charge in [0, 0.05) is 25.1 Å². The van der Waals surface area contributed by atoms with E-state index in [1.54, 1.807) is 19.3 Å². The molecule has 0 bridgehead atoms. The van der Waals surface area contributed by atoms with Gasteiger partial charge in [0.05, 0.1) is 24.1 Å². The molecule has 2 fully saturated rings. The van der Waals surface area contributed by atoms with Crippen LogP contribution in [0, 0.1) is 5.92 Å². The maximum absolute atomic E-state index is 11.4. The van der Waals surface area contributed by atoms with Crippen LogP contribution >= 0.6 is 0 Å². The second-order valence-corrected chi connectivity index (χ2v) is 6.45. The average molecular weight is 306 g/mol. The number of hydrogen-bond acceptors (Lipinski definition) is 6. The van der Waals surface area contributed by atoms with Crippen molar-refractivity contribution in [3.63, 3.8) is 0 Å². The van der Waals surface area contributed by atoms with Crippen LogP contribution in [0.15, 0.2) is 18.5 Å². The van der Waals surface area contributed by atoms with Crippen molar-refractivity contribution in [1.82, 2.24) is 4.98 Å². The molecule has 1 aromatic heterocycles. The summed E-state index contributed by atoms with van der Waals surface area (Å²) in [7, 11) is 0. The number of carbonyl (C=O) groups is 1. The summed E-state index contributed by atoms with van der Waals surface area (Å²) < 4.78 is 11.5. The summed E-state index contributed by atoms with van der Waals surface area (Å²) in [5, 5.41) is 10.8. The van der Waals surface area contributed by atoms with E-state index < -0.39 is 17.7 Å². The van der Waals surface area contributed by atoms with Gasteiger partial charge in [-0.3, -0.25) is 9.78 Å². The van der Waals surface area contributed by atoms with Crippen molar-refractivity contribution in [2.24, 2.45) is 5.92 Å². The van der Waals surface area contributed by atoms with Gasteiger partial charge < -0.3 is 20.3 Å². The van der Waals surface area contributed by atoms with E-state index in [1.807, 2.05) is 6.07 Å². The van der Waals surface area contributed by atoms with E-state index in [0.717, 1.165) is 18.4 Å². The Morgan fingerprint density at radius 2 is 2.27 bits per heavy atom. The van der Waals surface area contributed by atoms with Gasteiger partial charge in [-0.05, 0) is 31.7 Å². The number of aromatic nitrogens is 1. The Balaban J connectivity index is 1.90. The fourth-order valence-electron chi connectivity index (χ4n) is 3.25. The van der Waals surface area contributed by atoms with E-state index in [4.69, 9.17) is 15.2 Å². The molecule has 3 N–H and O–H groups in total. The first-order chi connectivity index (χ1) is 10.4. The molecular weight excluding hydrogens is 284 g/mol. The van der Waals surface area contributed by atoms with Crippen LogP contribution in [0.25, 0.3) is 0 Å². The normalized spacial score (nSPS) is 35.1. The molecule has 2 heterocycles. The zero-order valence-electron chi connectivity index (χ0n) is 12.9. The maximum Gasteiger partial charge on any atom is 0.303 e. The lowest BCUT2D eigenvalue weighted by Gasteiger charge is -2.46. The fraction of sp³-hybridized carbons (Fsp3) is 0.625. The zero-order valence-corrected chi connectivity index (χ0v) is 12.9. The number of pyridine rings is 1. The number of aliphatic hydroxyl groups is 1. The first-order valence-corrected chi connectivity index (χ1v) is 7.64. The summed E-state index contributed by atoms with van der Waals surface area (Å²) in [6, 6.07) is 1.81. The predicted molar refractivity (Wildman–Crippen MR) is 79.8 cm³/mol. The monoisotopic (exact) mass is 306 g/mol. The van der Waals surface area contributed by atoms with Crippen molar-refractivity contribution < 1.29 is 19.4 Å². The summed E-state index contributed by atoms with van der Waals surface area (Å²) in [5.41, 5.74) is 6.17. The van der Waals surface area contributed by atoms with Gasteiger partial charge >= 0.3 is 5.97 Å². The van der Waals surface area contributed by atoms with Crippen LogP contribution in [-0.2, 0) is 14.3 Å². The molecule has 1 saturated heterocycles. The van der Waals surface area contributed by atoms with Gasteiger partial charge in [0.25, 0.3) is 0 Å². The summed E-state index contributed by atoms with van der Waals surface area (Å²) in [6.07, 6.45) is 4.39. The third-order valence-corrected chi connectivity index (χ3v) is 4.56. The Kier molecular flexibility index (Phi) is 3.82. The van der Waals surface area contributed by atoms with Crippen molar-refractivity contribution in [3.8, 4) is 0 Å². The minimum atomic E-state index is -1.19. The molecule has 6 heteroatoms. The third-order valence-electron chi connectivity index (χ3n) is 4.56. The Labute approximate surface area is 129 Å². The highest BCUT2D eigenvalue weighted by Crippen LogP contribution is 2.48. The fourth-order valence-corrected chi connectivity index (χ4v) is 3.25. The van der Waals surface area contributed by atoms with E-state index in [-0.39, 0.29) is 12.2 Å². The van der Waals surface area contributed by atoms with Crippen LogP contribution in [0.2, 0.25) is 0 Å². The SMILES string of the molecule is CC(=O)OC1CC(c2ccncc2N)OC(C2CC2)C1(C)O. The van der Waals surface area contributed by atoms with Crippen LogP contribution in [0.5, 0.6) is 0 Å². The molecule has 0 radical (unpaired) electrons. The summed E-state index contributed by atoms with van der Waals surface area (Å²) in [5.74, 6) is -0.0953. The summed E-state index contributed by atoms with van der Waals surface area (Å²) >= 11 is 0. The van der Waals surface area contributed by atoms with Crippen molar-refractivity contribution in [2.75, 3.05) is 5.73 Å². The highest BCUT2D eigenvalue weighted by molar-refractivity contribution is 5.66. The molecule has 4 unspecified atom stereocenters. The lowest BCUT2D eigenvalue weighted by molar-refractivity contribution is -0.237. The molecule has 0 aromatic carbocycles. The number of anilines is 1. The minimum Gasteiger partial charge on any atom is -0.459 e. The van der Waals surface area contributed by atoms with Gasteiger partial charge in [-0.2, -0.15) is 0 Å².